The van der Waals surface area contributed by atoms with Crippen molar-refractivity contribution < 1.29 is 13.3 Å². The molecule has 0 fully saturated rings. The van der Waals surface area contributed by atoms with Crippen LogP contribution in [0.15, 0.2) is 17.0 Å². The molecule has 1 aromatic rings. The van der Waals surface area contributed by atoms with Crippen LogP contribution in [0.3, 0.4) is 0 Å². The van der Waals surface area contributed by atoms with Crippen molar-refractivity contribution in [2.24, 2.45) is 5.92 Å². The van der Waals surface area contributed by atoms with E-state index in [1.807, 2.05) is 13.8 Å². The maximum atomic E-state index is 12.4. The monoisotopic (exact) mass is 315 g/mol. The van der Waals surface area contributed by atoms with Crippen molar-refractivity contribution in [2.45, 2.75) is 45.1 Å². The Balaban J connectivity index is 3.19. The maximum absolute atomic E-state index is 12.4. The Morgan fingerprint density at radius 3 is 2.38 bits per heavy atom. The number of nitro groups is 1. The molecular weight excluding hydrogens is 294 g/mol. The van der Waals surface area contributed by atoms with Gasteiger partial charge in [0.25, 0.3) is 5.69 Å². The van der Waals surface area contributed by atoms with Crippen LogP contribution < -0.4 is 10.5 Å². The number of nitrogens with one attached hydrogen (secondary N) is 1. The number of nitro benzene ring substituents is 1. The first-order chi connectivity index (χ1) is 9.54. The molecule has 1 aromatic carbocycles. The number of nitrogens with two attached hydrogens (primary N) is 1. The van der Waals surface area contributed by atoms with E-state index >= 15 is 0 Å². The molecule has 3 N–H and O–H groups in total. The number of anilines is 1. The lowest BCUT2D eigenvalue weighted by molar-refractivity contribution is -0.384. The minimum atomic E-state index is -3.82. The molecular formula is C13H21N3O4S. The van der Waals surface area contributed by atoms with E-state index < -0.39 is 20.6 Å². The molecule has 0 saturated carbocycles. The summed E-state index contributed by atoms with van der Waals surface area (Å²) in [6.07, 6.45) is 0.676. The zero-order chi connectivity index (χ0) is 16.4. The fraction of sp³-hybridized carbons (Fsp3) is 0.538. The lowest BCUT2D eigenvalue weighted by Crippen LogP contribution is -2.34. The van der Waals surface area contributed by atoms with Crippen LogP contribution in [0.1, 0.15) is 32.8 Å². The summed E-state index contributed by atoms with van der Waals surface area (Å²) in [5.74, 6) is 0.338. The Kier molecular flexibility index (Phi) is 5.30. The quantitative estimate of drug-likeness (QED) is 0.474. The van der Waals surface area contributed by atoms with Crippen LogP contribution in [-0.2, 0) is 10.0 Å². The van der Waals surface area contributed by atoms with Gasteiger partial charge in [-0.3, -0.25) is 10.1 Å². The van der Waals surface area contributed by atoms with Gasteiger partial charge in [-0.25, -0.2) is 13.1 Å². The van der Waals surface area contributed by atoms with Crippen molar-refractivity contribution in [3.8, 4) is 0 Å². The fourth-order valence-corrected chi connectivity index (χ4v) is 3.73. The van der Waals surface area contributed by atoms with Crippen molar-refractivity contribution >= 4 is 21.4 Å². The Labute approximate surface area is 124 Å². The number of hydrogen-bond acceptors (Lipinski definition) is 5. The summed E-state index contributed by atoms with van der Waals surface area (Å²) in [5, 5.41) is 10.9. The van der Waals surface area contributed by atoms with Gasteiger partial charge in [0.2, 0.25) is 10.0 Å². The van der Waals surface area contributed by atoms with E-state index in [2.05, 4.69) is 4.72 Å². The Morgan fingerprint density at radius 2 is 1.90 bits per heavy atom. The summed E-state index contributed by atoms with van der Waals surface area (Å²) in [6.45, 7) is 7.30. The van der Waals surface area contributed by atoms with Crippen LogP contribution in [0, 0.1) is 23.0 Å². The molecule has 0 radical (unpaired) electrons. The molecule has 0 heterocycles. The summed E-state index contributed by atoms with van der Waals surface area (Å²) in [5.41, 5.74) is 5.47. The summed E-state index contributed by atoms with van der Waals surface area (Å²) in [6, 6.07) is 2.06. The molecule has 1 atom stereocenters. The van der Waals surface area contributed by atoms with Crippen LogP contribution >= 0.6 is 0 Å². The molecule has 8 heteroatoms. The minimum absolute atomic E-state index is 0.0494. The largest absolute Gasteiger partial charge is 0.393 e. The number of rotatable bonds is 6. The predicted octanol–water partition coefficient (Wildman–Crippen LogP) is 2.20. The second-order valence-corrected chi connectivity index (χ2v) is 7.27. The van der Waals surface area contributed by atoms with Crippen molar-refractivity contribution in [3.05, 3.63) is 27.8 Å². The summed E-state index contributed by atoms with van der Waals surface area (Å²) >= 11 is 0. The molecule has 1 unspecified atom stereocenters. The normalized spacial score (nSPS) is 13.4. The maximum Gasteiger partial charge on any atom is 0.293 e. The van der Waals surface area contributed by atoms with Gasteiger partial charge in [-0.15, -0.1) is 0 Å². The highest BCUT2D eigenvalue weighted by atomic mass is 32.2. The highest BCUT2D eigenvalue weighted by Gasteiger charge is 2.24. The first kappa shape index (κ1) is 17.4. The molecule has 21 heavy (non-hydrogen) atoms. The Bertz CT molecular complexity index is 641. The van der Waals surface area contributed by atoms with Gasteiger partial charge in [-0.2, -0.15) is 0 Å². The molecule has 0 aliphatic rings. The average Bonchev–Trinajstić information content (AvgIpc) is 2.25. The van der Waals surface area contributed by atoms with Crippen molar-refractivity contribution in [1.82, 2.24) is 4.72 Å². The van der Waals surface area contributed by atoms with Crippen LogP contribution in [-0.4, -0.2) is 19.4 Å². The van der Waals surface area contributed by atoms with E-state index in [9.17, 15) is 18.5 Å². The standard InChI is InChI=1S/C13H21N3O4S/c1-8(2)5-10(4)15-21(19,20)13-7-12(16(17)18)11(14)6-9(13)3/h6-8,10,15H,5,14H2,1-4H3. The van der Waals surface area contributed by atoms with E-state index in [-0.39, 0.29) is 16.6 Å². The smallest absolute Gasteiger partial charge is 0.293 e. The van der Waals surface area contributed by atoms with Gasteiger partial charge in [-0.1, -0.05) is 13.8 Å². The van der Waals surface area contributed by atoms with Crippen molar-refractivity contribution in [3.63, 3.8) is 0 Å². The van der Waals surface area contributed by atoms with Crippen LogP contribution in [0.4, 0.5) is 11.4 Å². The van der Waals surface area contributed by atoms with Crippen molar-refractivity contribution in [2.75, 3.05) is 5.73 Å². The number of nitrogen functional groups attached to an aromatic ring is 1. The first-order valence-electron chi connectivity index (χ1n) is 6.61. The van der Waals surface area contributed by atoms with E-state index in [1.165, 1.54) is 6.07 Å². The third kappa shape index (κ3) is 4.40. The molecule has 1 rings (SSSR count). The molecule has 0 aliphatic heterocycles. The second-order valence-electron chi connectivity index (χ2n) is 5.59. The lowest BCUT2D eigenvalue weighted by Gasteiger charge is -2.17. The molecule has 118 valence electrons. The molecule has 0 saturated heterocycles. The van der Waals surface area contributed by atoms with E-state index in [0.29, 0.717) is 17.9 Å². The topological polar surface area (TPSA) is 115 Å². The third-order valence-corrected chi connectivity index (χ3v) is 4.72. The van der Waals surface area contributed by atoms with Crippen LogP contribution in [0.2, 0.25) is 0 Å². The van der Waals surface area contributed by atoms with Gasteiger partial charge in [0, 0.05) is 12.1 Å². The second kappa shape index (κ2) is 6.40. The van der Waals surface area contributed by atoms with Gasteiger partial charge in [-0.05, 0) is 37.8 Å². The Hall–Kier alpha value is -1.67. The molecule has 0 aromatic heterocycles. The molecule has 0 amide bonds. The van der Waals surface area contributed by atoms with Crippen LogP contribution in [0.25, 0.3) is 0 Å². The van der Waals surface area contributed by atoms with Gasteiger partial charge >= 0.3 is 0 Å². The molecule has 7 nitrogen and oxygen atoms in total. The average molecular weight is 315 g/mol. The zero-order valence-corrected chi connectivity index (χ0v) is 13.4. The third-order valence-electron chi connectivity index (χ3n) is 2.99. The minimum Gasteiger partial charge on any atom is -0.393 e. The van der Waals surface area contributed by atoms with Gasteiger partial charge in [0.1, 0.15) is 5.69 Å². The molecule has 0 aliphatic carbocycles. The summed E-state index contributed by atoms with van der Waals surface area (Å²) in [7, 11) is -3.82. The molecule has 0 spiro atoms. The number of benzene rings is 1. The SMILES string of the molecule is Cc1cc(N)c([N+](=O)[O-])cc1S(=O)(=O)NC(C)CC(C)C. The van der Waals surface area contributed by atoms with E-state index in [0.717, 1.165) is 6.07 Å². The van der Waals surface area contributed by atoms with Crippen LogP contribution in [0.5, 0.6) is 0 Å². The van der Waals surface area contributed by atoms with Gasteiger partial charge in [0.05, 0.1) is 9.82 Å². The number of sulfonamides is 1. The number of hydrogen-bond donors (Lipinski definition) is 2. The van der Waals surface area contributed by atoms with Gasteiger partial charge in [0.15, 0.2) is 0 Å². The summed E-state index contributed by atoms with van der Waals surface area (Å²) in [4.78, 5) is 10.1. The summed E-state index contributed by atoms with van der Waals surface area (Å²) < 4.78 is 27.3. The lowest BCUT2D eigenvalue weighted by atomic mass is 10.1. The Morgan fingerprint density at radius 1 is 1.33 bits per heavy atom. The van der Waals surface area contributed by atoms with Crippen molar-refractivity contribution in [1.29, 1.82) is 0 Å². The van der Waals surface area contributed by atoms with Gasteiger partial charge < -0.3 is 5.73 Å². The predicted molar refractivity (Wildman–Crippen MR) is 81.5 cm³/mol. The fourth-order valence-electron chi connectivity index (χ4n) is 2.23. The van der Waals surface area contributed by atoms with E-state index in [4.69, 9.17) is 5.73 Å². The number of nitrogens with zero attached hydrogens (tertiary/aromatic N) is 1. The highest BCUT2D eigenvalue weighted by Crippen LogP contribution is 2.28. The number of aryl methyl sites for hydroxylation is 1. The highest BCUT2D eigenvalue weighted by molar-refractivity contribution is 7.89. The molecule has 0 bridgehead atoms. The first-order valence-corrected chi connectivity index (χ1v) is 8.09. The zero-order valence-electron chi connectivity index (χ0n) is 12.6. The van der Waals surface area contributed by atoms with E-state index in [1.54, 1.807) is 13.8 Å².